The number of carbonyl (C=O) groups excluding carboxylic acids is 1. The number of ether oxygens (including phenoxy) is 1. The first kappa shape index (κ1) is 19.8. The normalized spacial score (nSPS) is 12.4. The Morgan fingerprint density at radius 1 is 1.25 bits per heavy atom. The number of urea groups is 1. The standard InChI is InChI=1S/C18H28N2O4/c1-13(19-17(23)20(5)11-10-16(21)22)12-24-15-8-6-14(7-9-15)18(2,3)4/h6-9,13H,10-12H2,1-5H3,(H,19,23)(H,21,22). The van der Waals surface area contributed by atoms with E-state index in [1.54, 1.807) is 7.05 Å². The van der Waals surface area contributed by atoms with Gasteiger partial charge in [0, 0.05) is 13.6 Å². The Kier molecular flexibility index (Phi) is 7.07. The molecule has 0 aliphatic rings. The number of hydrogen-bond acceptors (Lipinski definition) is 3. The summed E-state index contributed by atoms with van der Waals surface area (Å²) in [7, 11) is 1.57. The van der Waals surface area contributed by atoms with Crippen molar-refractivity contribution in [1.29, 1.82) is 0 Å². The maximum atomic E-state index is 11.9. The molecule has 0 saturated heterocycles. The lowest BCUT2D eigenvalue weighted by Crippen LogP contribution is -2.44. The van der Waals surface area contributed by atoms with E-state index in [4.69, 9.17) is 9.84 Å². The van der Waals surface area contributed by atoms with Crippen LogP contribution in [0.4, 0.5) is 4.79 Å². The van der Waals surface area contributed by atoms with Crippen LogP contribution in [0.2, 0.25) is 0 Å². The molecular weight excluding hydrogens is 308 g/mol. The molecule has 6 nitrogen and oxygen atoms in total. The van der Waals surface area contributed by atoms with Crippen molar-refractivity contribution in [3.8, 4) is 5.75 Å². The van der Waals surface area contributed by atoms with Gasteiger partial charge in [0.2, 0.25) is 0 Å². The monoisotopic (exact) mass is 336 g/mol. The molecule has 0 spiro atoms. The van der Waals surface area contributed by atoms with Gasteiger partial charge in [-0.25, -0.2) is 4.79 Å². The number of carboxylic acid groups (broad SMARTS) is 1. The SMILES string of the molecule is CC(COc1ccc(C(C)(C)C)cc1)NC(=O)N(C)CCC(=O)O. The average molecular weight is 336 g/mol. The molecule has 0 aromatic heterocycles. The third-order valence-electron chi connectivity index (χ3n) is 3.60. The molecule has 0 aliphatic carbocycles. The first-order valence-corrected chi connectivity index (χ1v) is 8.06. The van der Waals surface area contributed by atoms with Gasteiger partial charge in [-0.05, 0) is 30.0 Å². The molecule has 0 radical (unpaired) electrons. The number of carboxylic acids is 1. The molecule has 0 saturated carbocycles. The number of rotatable bonds is 7. The van der Waals surface area contributed by atoms with E-state index in [0.717, 1.165) is 5.75 Å². The molecule has 2 amide bonds. The minimum Gasteiger partial charge on any atom is -0.491 e. The second-order valence-corrected chi connectivity index (χ2v) is 7.00. The molecule has 134 valence electrons. The van der Waals surface area contributed by atoms with E-state index in [9.17, 15) is 9.59 Å². The summed E-state index contributed by atoms with van der Waals surface area (Å²) in [6.07, 6.45) is -0.0745. The quantitative estimate of drug-likeness (QED) is 0.802. The van der Waals surface area contributed by atoms with Crippen LogP contribution in [0.3, 0.4) is 0 Å². The van der Waals surface area contributed by atoms with Crippen LogP contribution in [0.1, 0.15) is 39.7 Å². The number of amides is 2. The van der Waals surface area contributed by atoms with Gasteiger partial charge >= 0.3 is 12.0 Å². The largest absolute Gasteiger partial charge is 0.491 e. The molecule has 0 fully saturated rings. The van der Waals surface area contributed by atoms with Gasteiger partial charge < -0.3 is 20.1 Å². The molecule has 0 heterocycles. The molecule has 1 unspecified atom stereocenters. The summed E-state index contributed by atoms with van der Waals surface area (Å²) in [6.45, 7) is 8.81. The fourth-order valence-corrected chi connectivity index (χ4v) is 2.00. The number of carbonyl (C=O) groups is 2. The number of hydrogen-bond donors (Lipinski definition) is 2. The highest BCUT2D eigenvalue weighted by molar-refractivity contribution is 5.75. The van der Waals surface area contributed by atoms with Crippen molar-refractivity contribution in [2.24, 2.45) is 0 Å². The third kappa shape index (κ3) is 6.89. The molecule has 0 aliphatic heterocycles. The highest BCUT2D eigenvalue weighted by Gasteiger charge is 2.15. The summed E-state index contributed by atoms with van der Waals surface area (Å²) in [5, 5.41) is 11.4. The smallest absolute Gasteiger partial charge is 0.317 e. The summed E-state index contributed by atoms with van der Waals surface area (Å²) in [5.41, 5.74) is 1.33. The maximum absolute atomic E-state index is 11.9. The molecule has 6 heteroatoms. The molecule has 1 rings (SSSR count). The van der Waals surface area contributed by atoms with Gasteiger partial charge in [0.15, 0.2) is 0 Å². The average Bonchev–Trinajstić information content (AvgIpc) is 2.50. The molecule has 0 bridgehead atoms. The summed E-state index contributed by atoms with van der Waals surface area (Å²) in [4.78, 5) is 23.8. The van der Waals surface area contributed by atoms with Crippen molar-refractivity contribution < 1.29 is 19.4 Å². The molecule has 1 atom stereocenters. The fraction of sp³-hybridized carbons (Fsp3) is 0.556. The van der Waals surface area contributed by atoms with Crippen molar-refractivity contribution in [1.82, 2.24) is 10.2 Å². The van der Waals surface area contributed by atoms with E-state index in [-0.39, 0.29) is 30.5 Å². The Hall–Kier alpha value is -2.24. The first-order chi connectivity index (χ1) is 11.1. The molecule has 1 aromatic carbocycles. The molecule has 2 N–H and O–H groups in total. The van der Waals surface area contributed by atoms with Crippen molar-refractivity contribution >= 4 is 12.0 Å². The van der Waals surface area contributed by atoms with E-state index < -0.39 is 5.97 Å². The Morgan fingerprint density at radius 3 is 2.33 bits per heavy atom. The van der Waals surface area contributed by atoms with Crippen LogP contribution >= 0.6 is 0 Å². The van der Waals surface area contributed by atoms with Gasteiger partial charge in [0.05, 0.1) is 12.5 Å². The zero-order valence-corrected chi connectivity index (χ0v) is 15.1. The minimum absolute atomic E-state index is 0.0745. The van der Waals surface area contributed by atoms with Crippen LogP contribution in [0.15, 0.2) is 24.3 Å². The Morgan fingerprint density at radius 2 is 1.83 bits per heavy atom. The van der Waals surface area contributed by atoms with Crippen molar-refractivity contribution in [2.45, 2.75) is 45.6 Å². The minimum atomic E-state index is -0.926. The molecule has 24 heavy (non-hydrogen) atoms. The van der Waals surface area contributed by atoms with Gasteiger partial charge in [-0.15, -0.1) is 0 Å². The van der Waals surface area contributed by atoms with Crippen LogP contribution in [-0.4, -0.2) is 48.2 Å². The lowest BCUT2D eigenvalue weighted by Gasteiger charge is -2.21. The fourth-order valence-electron chi connectivity index (χ4n) is 2.00. The van der Waals surface area contributed by atoms with Crippen LogP contribution in [0.5, 0.6) is 5.75 Å². The van der Waals surface area contributed by atoms with Gasteiger partial charge in [-0.1, -0.05) is 32.9 Å². The number of aliphatic carboxylic acids is 1. The van der Waals surface area contributed by atoms with Crippen LogP contribution in [-0.2, 0) is 10.2 Å². The van der Waals surface area contributed by atoms with Crippen LogP contribution in [0, 0.1) is 0 Å². The third-order valence-corrected chi connectivity index (χ3v) is 3.60. The predicted molar refractivity (Wildman–Crippen MR) is 93.5 cm³/mol. The van der Waals surface area contributed by atoms with Crippen LogP contribution in [0.25, 0.3) is 0 Å². The van der Waals surface area contributed by atoms with Crippen LogP contribution < -0.4 is 10.1 Å². The summed E-state index contributed by atoms with van der Waals surface area (Å²) in [5.74, 6) is -0.173. The molecule has 1 aromatic rings. The van der Waals surface area contributed by atoms with Crippen molar-refractivity contribution in [2.75, 3.05) is 20.2 Å². The lowest BCUT2D eigenvalue weighted by atomic mass is 9.87. The molecular formula is C18H28N2O4. The van der Waals surface area contributed by atoms with E-state index in [1.165, 1.54) is 10.5 Å². The number of nitrogens with zero attached hydrogens (tertiary/aromatic N) is 1. The Balaban J connectivity index is 2.41. The summed E-state index contributed by atoms with van der Waals surface area (Å²) >= 11 is 0. The van der Waals surface area contributed by atoms with Gasteiger partial charge in [0.1, 0.15) is 12.4 Å². The number of nitrogens with one attached hydrogen (secondary N) is 1. The Labute approximate surface area is 143 Å². The zero-order chi connectivity index (χ0) is 18.3. The summed E-state index contributed by atoms with van der Waals surface area (Å²) < 4.78 is 5.69. The zero-order valence-electron chi connectivity index (χ0n) is 15.1. The maximum Gasteiger partial charge on any atom is 0.317 e. The highest BCUT2D eigenvalue weighted by Crippen LogP contribution is 2.24. The second kappa shape index (κ2) is 8.57. The van der Waals surface area contributed by atoms with Gasteiger partial charge in [-0.3, -0.25) is 4.79 Å². The number of benzene rings is 1. The summed E-state index contributed by atoms with van der Waals surface area (Å²) in [6, 6.07) is 7.43. The topological polar surface area (TPSA) is 78.9 Å². The van der Waals surface area contributed by atoms with E-state index in [1.807, 2.05) is 31.2 Å². The van der Waals surface area contributed by atoms with Crippen molar-refractivity contribution in [3.05, 3.63) is 29.8 Å². The second-order valence-electron chi connectivity index (χ2n) is 7.00. The predicted octanol–water partition coefficient (Wildman–Crippen LogP) is 2.87. The Bertz CT molecular complexity index is 549. The van der Waals surface area contributed by atoms with E-state index in [2.05, 4.69) is 26.1 Å². The lowest BCUT2D eigenvalue weighted by molar-refractivity contribution is -0.137. The van der Waals surface area contributed by atoms with E-state index >= 15 is 0 Å². The first-order valence-electron chi connectivity index (χ1n) is 8.06. The highest BCUT2D eigenvalue weighted by atomic mass is 16.5. The van der Waals surface area contributed by atoms with E-state index in [0.29, 0.717) is 6.61 Å². The van der Waals surface area contributed by atoms with Crippen molar-refractivity contribution in [3.63, 3.8) is 0 Å². The van der Waals surface area contributed by atoms with Gasteiger partial charge in [-0.2, -0.15) is 0 Å². The van der Waals surface area contributed by atoms with Gasteiger partial charge in [0.25, 0.3) is 0 Å².